The van der Waals surface area contributed by atoms with Crippen LogP contribution in [0.5, 0.6) is 0 Å². The second kappa shape index (κ2) is 8.53. The highest BCUT2D eigenvalue weighted by Crippen LogP contribution is 2.45. The van der Waals surface area contributed by atoms with Crippen LogP contribution in [0.1, 0.15) is 39.0 Å². The summed E-state index contributed by atoms with van der Waals surface area (Å²) < 4.78 is 0.638. The van der Waals surface area contributed by atoms with E-state index in [9.17, 15) is 24.8 Å². The summed E-state index contributed by atoms with van der Waals surface area (Å²) in [6.45, 7) is 4.13. The van der Waals surface area contributed by atoms with Crippen LogP contribution in [0.25, 0.3) is 0 Å². The molecule has 0 aliphatic carbocycles. The number of carbonyl (C=O) groups is 2. The van der Waals surface area contributed by atoms with Gasteiger partial charge in [0.05, 0.1) is 29.1 Å². The Morgan fingerprint density at radius 3 is 2.58 bits per heavy atom. The Kier molecular flexibility index (Phi) is 5.90. The Labute approximate surface area is 198 Å². The van der Waals surface area contributed by atoms with E-state index in [-0.39, 0.29) is 17.8 Å². The van der Waals surface area contributed by atoms with E-state index in [1.54, 1.807) is 18.2 Å². The molecule has 3 aromatic carbocycles. The Hall–Kier alpha value is -3.36. The van der Waals surface area contributed by atoms with E-state index in [1.807, 2.05) is 32.0 Å². The van der Waals surface area contributed by atoms with Crippen LogP contribution in [0.3, 0.4) is 0 Å². The summed E-state index contributed by atoms with van der Waals surface area (Å²) >= 11 is 3.37. The third-order valence-corrected chi connectivity index (χ3v) is 6.44. The maximum absolute atomic E-state index is 13.6. The molecule has 8 heteroatoms. The molecule has 0 saturated heterocycles. The van der Waals surface area contributed by atoms with Crippen LogP contribution in [0, 0.1) is 24.0 Å². The van der Waals surface area contributed by atoms with Gasteiger partial charge in [0, 0.05) is 16.1 Å². The maximum atomic E-state index is 13.6. The Morgan fingerprint density at radius 2 is 1.85 bits per heavy atom. The zero-order chi connectivity index (χ0) is 23.9. The topological polar surface area (TPSA) is 101 Å². The Balaban J connectivity index is 1.75. The van der Waals surface area contributed by atoms with Crippen molar-refractivity contribution < 1.29 is 19.6 Å². The quantitative estimate of drug-likeness (QED) is 0.287. The van der Waals surface area contributed by atoms with Crippen molar-refractivity contribution in [1.82, 2.24) is 0 Å². The fraction of sp³-hybridized carbons (Fsp3) is 0.200. The molecule has 7 nitrogen and oxygen atoms in total. The molecule has 168 valence electrons. The highest BCUT2D eigenvalue weighted by Gasteiger charge is 2.51. The minimum absolute atomic E-state index is 0.145. The molecular formula is C25H21BrN2O5. The number of halogens is 1. The van der Waals surface area contributed by atoms with Crippen LogP contribution in [0.15, 0.2) is 65.1 Å². The molecule has 0 spiro atoms. The van der Waals surface area contributed by atoms with Crippen molar-refractivity contribution in [3.8, 4) is 0 Å². The van der Waals surface area contributed by atoms with E-state index in [4.69, 9.17) is 0 Å². The van der Waals surface area contributed by atoms with Crippen LogP contribution < -0.4 is 4.90 Å². The summed E-state index contributed by atoms with van der Waals surface area (Å²) in [5.74, 6) is -1.32. The van der Waals surface area contributed by atoms with Gasteiger partial charge in [-0.1, -0.05) is 51.8 Å². The van der Waals surface area contributed by atoms with Gasteiger partial charge in [-0.2, -0.15) is 0 Å². The molecule has 0 unspecified atom stereocenters. The number of rotatable bonds is 6. The van der Waals surface area contributed by atoms with E-state index in [1.165, 1.54) is 29.2 Å². The maximum Gasteiger partial charge on any atom is 0.280 e. The van der Waals surface area contributed by atoms with Crippen LogP contribution in [0.2, 0.25) is 0 Å². The molecule has 1 aliphatic rings. The van der Waals surface area contributed by atoms with Crippen LogP contribution in [-0.4, -0.2) is 21.7 Å². The smallest absolute Gasteiger partial charge is 0.280 e. The molecule has 33 heavy (non-hydrogen) atoms. The number of anilines is 1. The zero-order valence-electron chi connectivity index (χ0n) is 18.0. The molecule has 1 atom stereocenters. The van der Waals surface area contributed by atoms with E-state index in [0.29, 0.717) is 15.7 Å². The third kappa shape index (κ3) is 4.07. The second-order valence-electron chi connectivity index (χ2n) is 8.22. The summed E-state index contributed by atoms with van der Waals surface area (Å²) in [4.78, 5) is 38.8. The number of aliphatic hydroxyl groups is 1. The Morgan fingerprint density at radius 1 is 1.12 bits per heavy atom. The lowest BCUT2D eigenvalue weighted by Gasteiger charge is -2.23. The van der Waals surface area contributed by atoms with Gasteiger partial charge in [-0.05, 0) is 49.2 Å². The number of fused-ring (bicyclic) bond motifs is 1. The number of ketones is 1. The van der Waals surface area contributed by atoms with Gasteiger partial charge in [-0.25, -0.2) is 0 Å². The van der Waals surface area contributed by atoms with Crippen molar-refractivity contribution >= 4 is 39.0 Å². The zero-order valence-corrected chi connectivity index (χ0v) is 19.6. The highest BCUT2D eigenvalue weighted by molar-refractivity contribution is 9.10. The lowest BCUT2D eigenvalue weighted by molar-refractivity contribution is -0.385. The summed E-state index contributed by atoms with van der Waals surface area (Å²) in [6.07, 6.45) is -0.608. The van der Waals surface area contributed by atoms with Crippen molar-refractivity contribution in [2.45, 2.75) is 32.4 Å². The fourth-order valence-electron chi connectivity index (χ4n) is 4.19. The van der Waals surface area contributed by atoms with Crippen molar-refractivity contribution in [3.05, 3.63) is 103 Å². The largest absolute Gasteiger partial charge is 0.375 e. The fourth-order valence-corrected chi connectivity index (χ4v) is 4.55. The number of aryl methyl sites for hydroxylation is 2. The standard InChI is InChI=1S/C25H21BrN2O5/c1-15-7-8-16(2)17(11-15)14-27-22-10-9-18(26)12-20(22)25(31,24(27)30)13-23(29)19-5-3-4-6-21(19)28(32)33/h3-12,31H,13-14H2,1-2H3/t25-/m1/s1. The van der Waals surface area contributed by atoms with Crippen molar-refractivity contribution in [1.29, 1.82) is 0 Å². The summed E-state index contributed by atoms with van der Waals surface area (Å²) in [5.41, 5.74) is 1.11. The number of Topliss-reactive ketones (excluding diaryl/α,β-unsaturated/α-hetero) is 1. The molecule has 1 aliphatic heterocycles. The number of nitro benzene ring substituents is 1. The summed E-state index contributed by atoms with van der Waals surface area (Å²) in [5, 5.41) is 22.9. The average molecular weight is 509 g/mol. The Bertz CT molecular complexity index is 1310. The van der Waals surface area contributed by atoms with Gasteiger partial charge in [0.2, 0.25) is 0 Å². The molecule has 0 fully saturated rings. The first kappa shape index (κ1) is 22.8. The van der Waals surface area contributed by atoms with Gasteiger partial charge in [0.15, 0.2) is 11.4 Å². The molecule has 0 saturated carbocycles. The van der Waals surface area contributed by atoms with Crippen LogP contribution in [0.4, 0.5) is 11.4 Å². The van der Waals surface area contributed by atoms with Gasteiger partial charge in [-0.15, -0.1) is 0 Å². The number of nitrogens with zero attached hydrogens (tertiary/aromatic N) is 2. The van der Waals surface area contributed by atoms with Crippen molar-refractivity contribution in [3.63, 3.8) is 0 Å². The average Bonchev–Trinajstić information content (AvgIpc) is 2.97. The van der Waals surface area contributed by atoms with E-state index in [2.05, 4.69) is 15.9 Å². The number of benzene rings is 3. The first-order valence-corrected chi connectivity index (χ1v) is 11.1. The number of carbonyl (C=O) groups excluding carboxylic acids is 2. The molecule has 3 aromatic rings. The number of para-hydroxylation sites is 1. The van der Waals surface area contributed by atoms with Crippen LogP contribution in [-0.2, 0) is 16.9 Å². The van der Waals surface area contributed by atoms with Gasteiger partial charge >= 0.3 is 0 Å². The first-order valence-electron chi connectivity index (χ1n) is 10.3. The van der Waals surface area contributed by atoms with Crippen LogP contribution >= 0.6 is 15.9 Å². The molecule has 1 heterocycles. The van der Waals surface area contributed by atoms with Gasteiger partial charge < -0.3 is 10.0 Å². The minimum Gasteiger partial charge on any atom is -0.375 e. The third-order valence-electron chi connectivity index (χ3n) is 5.94. The van der Waals surface area contributed by atoms with Gasteiger partial charge in [-0.3, -0.25) is 19.7 Å². The monoisotopic (exact) mass is 508 g/mol. The lowest BCUT2D eigenvalue weighted by atomic mass is 9.88. The highest BCUT2D eigenvalue weighted by atomic mass is 79.9. The van der Waals surface area contributed by atoms with E-state index < -0.39 is 28.6 Å². The minimum atomic E-state index is -2.14. The lowest BCUT2D eigenvalue weighted by Crippen LogP contribution is -2.41. The van der Waals surface area contributed by atoms with Crippen molar-refractivity contribution in [2.75, 3.05) is 4.90 Å². The number of hydrogen-bond donors (Lipinski definition) is 1. The van der Waals surface area contributed by atoms with E-state index >= 15 is 0 Å². The molecule has 0 radical (unpaired) electrons. The number of nitro groups is 1. The normalized spacial score (nSPS) is 17.2. The molecule has 1 N–H and O–H groups in total. The second-order valence-corrected chi connectivity index (χ2v) is 9.13. The molecule has 0 bridgehead atoms. The predicted molar refractivity (Wildman–Crippen MR) is 127 cm³/mol. The summed E-state index contributed by atoms with van der Waals surface area (Å²) in [6, 6.07) is 16.6. The molecule has 1 amide bonds. The van der Waals surface area contributed by atoms with Gasteiger partial charge in [0.1, 0.15) is 0 Å². The first-order chi connectivity index (χ1) is 15.6. The SMILES string of the molecule is Cc1ccc(C)c(CN2C(=O)[C@@](O)(CC(=O)c3ccccc3[N+](=O)[O-])c3cc(Br)ccc32)c1. The predicted octanol–water partition coefficient (Wildman–Crippen LogP) is 4.98. The van der Waals surface area contributed by atoms with E-state index in [0.717, 1.165) is 16.7 Å². The summed E-state index contributed by atoms with van der Waals surface area (Å²) in [7, 11) is 0. The number of hydrogen-bond acceptors (Lipinski definition) is 5. The molecular weight excluding hydrogens is 488 g/mol. The van der Waals surface area contributed by atoms with Crippen molar-refractivity contribution in [2.24, 2.45) is 0 Å². The molecule has 0 aromatic heterocycles. The molecule has 4 rings (SSSR count). The number of amides is 1. The van der Waals surface area contributed by atoms with Gasteiger partial charge in [0.25, 0.3) is 11.6 Å².